The van der Waals surface area contributed by atoms with E-state index in [1.165, 1.54) is 12.1 Å². The highest BCUT2D eigenvalue weighted by Gasteiger charge is 2.32. The van der Waals surface area contributed by atoms with Gasteiger partial charge in [-0.2, -0.15) is 30.7 Å². The van der Waals surface area contributed by atoms with Gasteiger partial charge in [0, 0.05) is 0 Å². The van der Waals surface area contributed by atoms with Crippen LogP contribution < -0.4 is 10.1 Å². The molecule has 0 aliphatic carbocycles. The predicted octanol–water partition coefficient (Wildman–Crippen LogP) is 3.39. The van der Waals surface area contributed by atoms with Crippen molar-refractivity contribution in [1.82, 2.24) is 5.32 Å². The Kier molecular flexibility index (Phi) is 8.76. The second-order valence-electron chi connectivity index (χ2n) is 5.34. The van der Waals surface area contributed by atoms with Gasteiger partial charge in [-0.1, -0.05) is 12.1 Å². The molecule has 0 saturated heterocycles. The first kappa shape index (κ1) is 23.0. The molecule has 1 amide bonds. The van der Waals surface area contributed by atoms with Crippen LogP contribution in [0.1, 0.15) is 24.4 Å². The lowest BCUT2D eigenvalue weighted by Gasteiger charge is -2.21. The van der Waals surface area contributed by atoms with Crippen molar-refractivity contribution in [2.75, 3.05) is 6.61 Å². The number of hydrogen-bond acceptors (Lipinski definition) is 4. The van der Waals surface area contributed by atoms with E-state index in [2.05, 4.69) is 14.8 Å². The number of carbonyl (C=O) groups is 1. The summed E-state index contributed by atoms with van der Waals surface area (Å²) in [5.74, 6) is -1.40. The first-order valence-electron chi connectivity index (χ1n) is 7.45. The van der Waals surface area contributed by atoms with Crippen LogP contribution in [-0.2, 0) is 9.53 Å². The molecule has 0 unspecified atom stereocenters. The number of amides is 1. The van der Waals surface area contributed by atoms with Gasteiger partial charge in [0.05, 0.1) is 31.6 Å². The van der Waals surface area contributed by atoms with Crippen molar-refractivity contribution in [2.45, 2.75) is 44.4 Å². The van der Waals surface area contributed by atoms with E-state index >= 15 is 0 Å². The smallest absolute Gasteiger partial charge is 0.391 e. The number of aliphatic hydroxyl groups excluding tert-OH is 1. The van der Waals surface area contributed by atoms with Crippen molar-refractivity contribution in [3.05, 3.63) is 29.8 Å². The van der Waals surface area contributed by atoms with Gasteiger partial charge in [-0.15, -0.1) is 0 Å². The predicted molar refractivity (Wildman–Crippen MR) is 77.2 cm³/mol. The minimum absolute atomic E-state index is 0.0347. The maximum absolute atomic E-state index is 12.3. The fourth-order valence-electron chi connectivity index (χ4n) is 2.10. The summed E-state index contributed by atoms with van der Waals surface area (Å²) in [5, 5.41) is 11.4. The number of hydrogen-bond donors (Lipinski definition) is 2. The fourth-order valence-corrected chi connectivity index (χ4v) is 2.10. The molecule has 0 radical (unpaired) electrons. The quantitative estimate of drug-likeness (QED) is 0.584. The second kappa shape index (κ2) is 10.3. The Morgan fingerprint density at radius 3 is 2.37 bits per heavy atom. The molecule has 1 aromatic carbocycles. The summed E-state index contributed by atoms with van der Waals surface area (Å²) in [5.41, 5.74) is 0.0347. The Morgan fingerprint density at radius 1 is 1.15 bits per heavy atom. The maximum Gasteiger partial charge on any atom is 0.391 e. The van der Waals surface area contributed by atoms with Crippen LogP contribution in [0, 0.1) is 0 Å². The van der Waals surface area contributed by atoms with Crippen LogP contribution in [0.2, 0.25) is 0 Å². The van der Waals surface area contributed by atoms with Crippen LogP contribution in [0.15, 0.2) is 24.3 Å². The van der Waals surface area contributed by atoms with Gasteiger partial charge in [-0.05, 0) is 17.7 Å². The lowest BCUT2D eigenvalue weighted by molar-refractivity contribution is -0.156. The maximum atomic E-state index is 12.3. The summed E-state index contributed by atoms with van der Waals surface area (Å²) in [7, 11) is 0. The standard InChI is InChI=1S/C15H16F7NO4/c16-13(17)26-7-11(8-2-1-3-10(4-8)27-14(18)19)23-12(25)5-9(24)6-15(20,21)22/h1-4,9,11,13-14,24H,5-7H2,(H,23,25)/t9-,11-/m0/s1. The van der Waals surface area contributed by atoms with Crippen molar-refractivity contribution >= 4 is 5.91 Å². The molecule has 2 atom stereocenters. The fraction of sp³-hybridized carbons (Fsp3) is 0.533. The summed E-state index contributed by atoms with van der Waals surface area (Å²) in [6.45, 7) is -7.15. The monoisotopic (exact) mass is 407 g/mol. The molecule has 27 heavy (non-hydrogen) atoms. The molecule has 0 saturated carbocycles. The van der Waals surface area contributed by atoms with Gasteiger partial charge in [0.1, 0.15) is 5.75 Å². The van der Waals surface area contributed by atoms with Gasteiger partial charge >= 0.3 is 19.4 Å². The number of aliphatic hydroxyl groups is 1. The molecule has 12 heteroatoms. The highest BCUT2D eigenvalue weighted by Crippen LogP contribution is 2.24. The summed E-state index contributed by atoms with van der Waals surface area (Å²) in [6.07, 6.45) is -9.30. The number of rotatable bonds is 10. The van der Waals surface area contributed by atoms with E-state index < -0.39 is 56.9 Å². The third kappa shape index (κ3) is 9.99. The Hall–Kier alpha value is -2.08. The molecule has 0 spiro atoms. The van der Waals surface area contributed by atoms with E-state index in [4.69, 9.17) is 0 Å². The first-order valence-corrected chi connectivity index (χ1v) is 7.45. The number of halogens is 7. The van der Waals surface area contributed by atoms with E-state index in [-0.39, 0.29) is 11.3 Å². The lowest BCUT2D eigenvalue weighted by atomic mass is 10.1. The largest absolute Gasteiger partial charge is 0.435 e. The van der Waals surface area contributed by atoms with Gasteiger partial charge in [0.25, 0.3) is 0 Å². The average molecular weight is 407 g/mol. The zero-order chi connectivity index (χ0) is 20.6. The summed E-state index contributed by atoms with van der Waals surface area (Å²) < 4.78 is 93.8. The molecule has 0 aromatic heterocycles. The molecule has 0 bridgehead atoms. The first-order chi connectivity index (χ1) is 12.5. The van der Waals surface area contributed by atoms with Crippen molar-refractivity contribution in [2.24, 2.45) is 0 Å². The van der Waals surface area contributed by atoms with E-state index in [9.17, 15) is 40.6 Å². The average Bonchev–Trinajstić information content (AvgIpc) is 2.48. The van der Waals surface area contributed by atoms with Crippen molar-refractivity contribution < 1.29 is 50.1 Å². The number of nitrogens with one attached hydrogen (secondary N) is 1. The lowest BCUT2D eigenvalue weighted by Crippen LogP contribution is -2.35. The van der Waals surface area contributed by atoms with Crippen LogP contribution in [0.4, 0.5) is 30.7 Å². The van der Waals surface area contributed by atoms with Gasteiger partial charge in [-0.25, -0.2) is 0 Å². The van der Waals surface area contributed by atoms with Crippen LogP contribution in [0.5, 0.6) is 5.75 Å². The number of alkyl halides is 7. The molecule has 154 valence electrons. The molecule has 0 fully saturated rings. The molecule has 0 aliphatic rings. The Labute approximate surface area is 149 Å². The van der Waals surface area contributed by atoms with E-state index in [1.54, 1.807) is 0 Å². The molecule has 0 heterocycles. The van der Waals surface area contributed by atoms with E-state index in [0.29, 0.717) is 0 Å². The topological polar surface area (TPSA) is 67.8 Å². The third-order valence-corrected chi connectivity index (χ3v) is 3.10. The Balaban J connectivity index is 2.83. The van der Waals surface area contributed by atoms with Crippen molar-refractivity contribution in [3.63, 3.8) is 0 Å². The van der Waals surface area contributed by atoms with Gasteiger partial charge < -0.3 is 19.9 Å². The number of benzene rings is 1. The molecule has 2 N–H and O–H groups in total. The van der Waals surface area contributed by atoms with E-state index in [1.807, 2.05) is 0 Å². The van der Waals surface area contributed by atoms with Gasteiger partial charge in [0.15, 0.2) is 0 Å². The normalized spacial score (nSPS) is 14.3. The molecular formula is C15H16F7NO4. The van der Waals surface area contributed by atoms with Crippen LogP contribution >= 0.6 is 0 Å². The number of ether oxygens (including phenoxy) is 2. The SMILES string of the molecule is O=C(C[C@H](O)CC(F)(F)F)N[C@@H](COC(F)F)c1cccc(OC(F)F)c1. The third-order valence-electron chi connectivity index (χ3n) is 3.10. The van der Waals surface area contributed by atoms with E-state index in [0.717, 1.165) is 12.1 Å². The summed E-state index contributed by atoms with van der Waals surface area (Å²) in [6, 6.07) is 3.40. The second-order valence-corrected chi connectivity index (χ2v) is 5.34. The molecule has 1 aromatic rings. The number of carbonyl (C=O) groups excluding carboxylic acids is 1. The van der Waals surface area contributed by atoms with Crippen LogP contribution in [-0.4, -0.2) is 43.1 Å². The Bertz CT molecular complexity index is 598. The van der Waals surface area contributed by atoms with Crippen molar-refractivity contribution in [3.8, 4) is 5.75 Å². The van der Waals surface area contributed by atoms with Gasteiger partial charge in [-0.3, -0.25) is 4.79 Å². The highest BCUT2D eigenvalue weighted by molar-refractivity contribution is 5.77. The zero-order valence-electron chi connectivity index (χ0n) is 13.6. The molecule has 1 rings (SSSR count). The summed E-state index contributed by atoms with van der Waals surface area (Å²) >= 11 is 0. The van der Waals surface area contributed by atoms with Crippen LogP contribution in [0.3, 0.4) is 0 Å². The highest BCUT2D eigenvalue weighted by atomic mass is 19.4. The summed E-state index contributed by atoms with van der Waals surface area (Å²) in [4.78, 5) is 11.8. The molecular weight excluding hydrogens is 391 g/mol. The molecule has 0 aliphatic heterocycles. The molecule has 5 nitrogen and oxygen atoms in total. The van der Waals surface area contributed by atoms with Gasteiger partial charge in [0.2, 0.25) is 5.91 Å². The Morgan fingerprint density at radius 2 is 1.81 bits per heavy atom. The minimum Gasteiger partial charge on any atom is -0.435 e. The van der Waals surface area contributed by atoms with Crippen LogP contribution in [0.25, 0.3) is 0 Å². The minimum atomic E-state index is -4.70. The zero-order valence-corrected chi connectivity index (χ0v) is 13.6. The van der Waals surface area contributed by atoms with Crippen molar-refractivity contribution in [1.29, 1.82) is 0 Å².